The summed E-state index contributed by atoms with van der Waals surface area (Å²) in [6.45, 7) is 13.4. The maximum absolute atomic E-state index is 6.12. The Morgan fingerprint density at radius 1 is 1.00 bits per heavy atom. The van der Waals surface area contributed by atoms with E-state index in [1.807, 2.05) is 14.1 Å². The lowest BCUT2D eigenvalue weighted by Crippen LogP contribution is -2.51. The molecule has 0 aliphatic carbocycles. The van der Waals surface area contributed by atoms with Crippen molar-refractivity contribution in [1.29, 1.82) is 0 Å². The number of ether oxygens (including phenoxy) is 2. The van der Waals surface area contributed by atoms with Crippen LogP contribution in [-0.4, -0.2) is 38.8 Å². The van der Waals surface area contributed by atoms with Gasteiger partial charge in [0, 0.05) is 5.56 Å². The monoisotopic (exact) mass is 319 g/mol. The van der Waals surface area contributed by atoms with Crippen LogP contribution in [0, 0.1) is 5.41 Å². The first-order chi connectivity index (χ1) is 10.6. The molecule has 0 aromatic heterocycles. The van der Waals surface area contributed by atoms with Gasteiger partial charge >= 0.3 is 0 Å². The maximum Gasteiger partial charge on any atom is 0.170 e. The van der Waals surface area contributed by atoms with Crippen LogP contribution in [0.1, 0.15) is 52.2 Å². The molecule has 1 aliphatic heterocycles. The zero-order valence-corrected chi connectivity index (χ0v) is 15.9. The number of hydrogen-bond acceptors (Lipinski definition) is 3. The third kappa shape index (κ3) is 4.14. The van der Waals surface area contributed by atoms with Crippen LogP contribution in [0.3, 0.4) is 0 Å². The average molecular weight is 319 g/mol. The summed E-state index contributed by atoms with van der Waals surface area (Å²) < 4.78 is 11.8. The zero-order valence-electron chi connectivity index (χ0n) is 15.9. The van der Waals surface area contributed by atoms with Gasteiger partial charge < -0.3 is 9.47 Å². The van der Waals surface area contributed by atoms with E-state index in [2.05, 4.69) is 63.8 Å². The Morgan fingerprint density at radius 3 is 2.04 bits per heavy atom. The number of hydrogen-bond donors (Lipinski definition) is 0. The molecule has 0 amide bonds. The molecule has 23 heavy (non-hydrogen) atoms. The molecule has 1 heterocycles. The molecule has 1 saturated heterocycles. The molecule has 0 saturated carbocycles. The molecule has 1 aromatic carbocycles. The van der Waals surface area contributed by atoms with Gasteiger partial charge in [0.2, 0.25) is 0 Å². The number of nitrogens with zero attached hydrogens (tertiary/aromatic N) is 1. The van der Waals surface area contributed by atoms with Gasteiger partial charge in [0.15, 0.2) is 5.72 Å². The smallest absolute Gasteiger partial charge is 0.170 e. The lowest BCUT2D eigenvalue weighted by atomic mass is 9.72. The van der Waals surface area contributed by atoms with E-state index in [1.54, 1.807) is 0 Å². The van der Waals surface area contributed by atoms with Crippen molar-refractivity contribution in [2.24, 2.45) is 5.41 Å². The van der Waals surface area contributed by atoms with E-state index in [0.717, 1.165) is 12.0 Å². The van der Waals surface area contributed by atoms with E-state index in [-0.39, 0.29) is 5.41 Å². The van der Waals surface area contributed by atoms with Crippen LogP contribution in [-0.2, 0) is 20.6 Å². The van der Waals surface area contributed by atoms with Crippen molar-refractivity contribution in [3.05, 3.63) is 35.4 Å². The van der Waals surface area contributed by atoms with Gasteiger partial charge in [-0.1, -0.05) is 58.9 Å². The highest BCUT2D eigenvalue weighted by Gasteiger charge is 2.39. The van der Waals surface area contributed by atoms with E-state index in [9.17, 15) is 0 Å². The lowest BCUT2D eigenvalue weighted by Gasteiger charge is -2.42. The highest BCUT2D eigenvalue weighted by molar-refractivity contribution is 5.31. The van der Waals surface area contributed by atoms with Gasteiger partial charge in [-0.2, -0.15) is 0 Å². The van der Waals surface area contributed by atoms with Crippen molar-refractivity contribution in [1.82, 2.24) is 4.90 Å². The van der Waals surface area contributed by atoms with Gasteiger partial charge in [0.25, 0.3) is 0 Å². The predicted molar refractivity (Wildman–Crippen MR) is 95.7 cm³/mol. The molecule has 0 spiro atoms. The van der Waals surface area contributed by atoms with E-state index in [4.69, 9.17) is 9.47 Å². The molecule has 1 aliphatic rings. The van der Waals surface area contributed by atoms with Crippen LogP contribution < -0.4 is 0 Å². The molecule has 1 unspecified atom stereocenters. The first kappa shape index (κ1) is 18.4. The Balaban J connectivity index is 2.28. The second-order valence-corrected chi connectivity index (χ2v) is 8.78. The second-order valence-electron chi connectivity index (χ2n) is 8.78. The van der Waals surface area contributed by atoms with Crippen molar-refractivity contribution in [3.8, 4) is 0 Å². The fraction of sp³-hybridized carbons (Fsp3) is 0.700. The Hall–Kier alpha value is -0.900. The minimum atomic E-state index is -0.467. The number of rotatable bonds is 4. The van der Waals surface area contributed by atoms with E-state index in [1.165, 1.54) is 5.56 Å². The van der Waals surface area contributed by atoms with Gasteiger partial charge in [-0.15, -0.1) is 0 Å². The first-order valence-corrected chi connectivity index (χ1v) is 8.57. The van der Waals surface area contributed by atoms with E-state index in [0.29, 0.717) is 25.2 Å². The van der Waals surface area contributed by atoms with Crippen molar-refractivity contribution in [3.63, 3.8) is 0 Å². The second kappa shape index (κ2) is 6.54. The predicted octanol–water partition coefficient (Wildman–Crippen LogP) is 4.16. The zero-order chi connectivity index (χ0) is 17.3. The summed E-state index contributed by atoms with van der Waals surface area (Å²) in [6, 6.07) is 8.91. The Labute approximate surface area is 142 Å². The summed E-state index contributed by atoms with van der Waals surface area (Å²) in [5.74, 6) is 0. The summed E-state index contributed by atoms with van der Waals surface area (Å²) in [7, 11) is 4.10. The summed E-state index contributed by atoms with van der Waals surface area (Å²) in [4.78, 5) is 2.11. The lowest BCUT2D eigenvalue weighted by molar-refractivity contribution is -0.226. The number of benzene rings is 1. The Morgan fingerprint density at radius 2 is 1.61 bits per heavy atom. The minimum absolute atomic E-state index is 0.159. The molecule has 0 bridgehead atoms. The first-order valence-electron chi connectivity index (χ1n) is 8.57. The van der Waals surface area contributed by atoms with Crippen LogP contribution in [0.2, 0.25) is 0 Å². The summed E-state index contributed by atoms with van der Waals surface area (Å²) >= 11 is 0. The van der Waals surface area contributed by atoms with Crippen molar-refractivity contribution in [2.75, 3.05) is 33.9 Å². The third-order valence-electron chi connectivity index (χ3n) is 4.68. The standard InChI is InChI=1S/C20H33NO2/c1-18(2,3)14-19(4,5)16-8-10-17(11-9-16)20(21(6)7)15-22-12-13-23-20/h8-11H,12-15H2,1-7H3. The van der Waals surface area contributed by atoms with Crippen LogP contribution in [0.15, 0.2) is 24.3 Å². The molecule has 3 nitrogen and oxygen atoms in total. The van der Waals surface area contributed by atoms with Gasteiger partial charge in [0.05, 0.1) is 19.8 Å². The molecule has 0 radical (unpaired) electrons. The van der Waals surface area contributed by atoms with Gasteiger partial charge in [-0.25, -0.2) is 0 Å². The van der Waals surface area contributed by atoms with Crippen molar-refractivity contribution in [2.45, 2.75) is 52.2 Å². The SMILES string of the molecule is CN(C)C1(c2ccc(C(C)(C)CC(C)(C)C)cc2)COCCO1. The molecule has 1 atom stereocenters. The topological polar surface area (TPSA) is 21.7 Å². The Kier molecular flexibility index (Phi) is 5.24. The Bertz CT molecular complexity index is 505. The molecule has 3 heteroatoms. The summed E-state index contributed by atoms with van der Waals surface area (Å²) in [5.41, 5.74) is 2.55. The van der Waals surface area contributed by atoms with Crippen LogP contribution in [0.5, 0.6) is 0 Å². The van der Waals surface area contributed by atoms with E-state index >= 15 is 0 Å². The average Bonchev–Trinajstić information content (AvgIpc) is 2.45. The molecular weight excluding hydrogens is 286 g/mol. The summed E-state index contributed by atoms with van der Waals surface area (Å²) in [6.07, 6.45) is 1.15. The molecule has 130 valence electrons. The summed E-state index contributed by atoms with van der Waals surface area (Å²) in [5, 5.41) is 0. The fourth-order valence-electron chi connectivity index (χ4n) is 3.81. The molecule has 2 rings (SSSR count). The number of likely N-dealkylation sites (N-methyl/N-ethyl adjacent to an activating group) is 1. The minimum Gasteiger partial charge on any atom is -0.374 e. The highest BCUT2D eigenvalue weighted by Crippen LogP contribution is 2.38. The van der Waals surface area contributed by atoms with Gasteiger partial charge in [-0.05, 0) is 36.9 Å². The third-order valence-corrected chi connectivity index (χ3v) is 4.68. The van der Waals surface area contributed by atoms with Crippen molar-refractivity contribution < 1.29 is 9.47 Å². The van der Waals surface area contributed by atoms with Crippen molar-refractivity contribution >= 4 is 0 Å². The van der Waals surface area contributed by atoms with Crippen LogP contribution >= 0.6 is 0 Å². The largest absolute Gasteiger partial charge is 0.374 e. The quantitative estimate of drug-likeness (QED) is 0.832. The normalized spacial score (nSPS) is 23.3. The molecular formula is C20H33NO2. The van der Waals surface area contributed by atoms with Gasteiger partial charge in [-0.3, -0.25) is 4.90 Å². The fourth-order valence-corrected chi connectivity index (χ4v) is 3.81. The molecule has 1 fully saturated rings. The highest BCUT2D eigenvalue weighted by atomic mass is 16.6. The van der Waals surface area contributed by atoms with Crippen LogP contribution in [0.4, 0.5) is 0 Å². The molecule has 0 N–H and O–H groups in total. The van der Waals surface area contributed by atoms with E-state index < -0.39 is 5.72 Å². The van der Waals surface area contributed by atoms with Gasteiger partial charge in [0.1, 0.15) is 0 Å². The maximum atomic E-state index is 6.12. The van der Waals surface area contributed by atoms with Crippen LogP contribution in [0.25, 0.3) is 0 Å². The molecule has 1 aromatic rings.